The second kappa shape index (κ2) is 6.27. The first-order valence-corrected chi connectivity index (χ1v) is 6.79. The quantitative estimate of drug-likeness (QED) is 0.725. The first-order valence-electron chi connectivity index (χ1n) is 6.79. The highest BCUT2D eigenvalue weighted by Crippen LogP contribution is 2.16. The number of fused-ring (bicyclic) bond motifs is 1. The molecule has 0 bridgehead atoms. The maximum absolute atomic E-state index is 13.0. The van der Waals surface area contributed by atoms with Gasteiger partial charge in [0.25, 0.3) is 5.91 Å². The molecule has 0 fully saturated rings. The SMILES string of the molecule is O=C(COC(=O)c1n[nH]c2ccccc12)Nc1cccc(F)c1. The lowest BCUT2D eigenvalue weighted by Crippen LogP contribution is -2.21. The fraction of sp³-hybridized carbons (Fsp3) is 0.0625. The lowest BCUT2D eigenvalue weighted by molar-refractivity contribution is -0.119. The molecule has 3 rings (SSSR count). The Bertz CT molecular complexity index is 876. The van der Waals surface area contributed by atoms with E-state index in [0.717, 1.165) is 0 Å². The van der Waals surface area contributed by atoms with E-state index in [9.17, 15) is 14.0 Å². The summed E-state index contributed by atoms with van der Waals surface area (Å²) in [6, 6.07) is 12.5. The van der Waals surface area contributed by atoms with Crippen LogP contribution in [0.25, 0.3) is 10.9 Å². The van der Waals surface area contributed by atoms with Crippen molar-refractivity contribution in [3.05, 3.63) is 60.0 Å². The molecule has 7 heteroatoms. The molecule has 0 atom stereocenters. The van der Waals surface area contributed by atoms with E-state index in [1.165, 1.54) is 24.3 Å². The van der Waals surface area contributed by atoms with Crippen LogP contribution in [0.2, 0.25) is 0 Å². The van der Waals surface area contributed by atoms with Gasteiger partial charge >= 0.3 is 5.97 Å². The highest BCUT2D eigenvalue weighted by Gasteiger charge is 2.16. The second-order valence-corrected chi connectivity index (χ2v) is 4.75. The third-order valence-electron chi connectivity index (χ3n) is 3.11. The van der Waals surface area contributed by atoms with Crippen LogP contribution in [0, 0.1) is 5.82 Å². The molecule has 0 saturated heterocycles. The summed E-state index contributed by atoms with van der Waals surface area (Å²) in [4.78, 5) is 23.7. The number of nitrogens with zero attached hydrogens (tertiary/aromatic N) is 1. The summed E-state index contributed by atoms with van der Waals surface area (Å²) in [6.07, 6.45) is 0. The molecule has 2 N–H and O–H groups in total. The van der Waals surface area contributed by atoms with Crippen LogP contribution in [0.4, 0.5) is 10.1 Å². The number of carbonyl (C=O) groups excluding carboxylic acids is 2. The van der Waals surface area contributed by atoms with E-state index < -0.39 is 24.3 Å². The summed E-state index contributed by atoms with van der Waals surface area (Å²) in [5, 5.41) is 9.65. The zero-order chi connectivity index (χ0) is 16.2. The molecule has 23 heavy (non-hydrogen) atoms. The van der Waals surface area contributed by atoms with Gasteiger partial charge in [-0.05, 0) is 24.3 Å². The van der Waals surface area contributed by atoms with Crippen LogP contribution in [0.1, 0.15) is 10.5 Å². The maximum atomic E-state index is 13.0. The number of amides is 1. The van der Waals surface area contributed by atoms with E-state index in [0.29, 0.717) is 10.9 Å². The minimum Gasteiger partial charge on any atom is -0.451 e. The number of hydrogen-bond acceptors (Lipinski definition) is 4. The molecule has 0 saturated carbocycles. The lowest BCUT2D eigenvalue weighted by atomic mass is 10.2. The minimum atomic E-state index is -0.711. The lowest BCUT2D eigenvalue weighted by Gasteiger charge is -2.05. The van der Waals surface area contributed by atoms with Crippen LogP contribution in [0.5, 0.6) is 0 Å². The molecule has 1 heterocycles. The van der Waals surface area contributed by atoms with E-state index in [4.69, 9.17) is 4.74 Å². The Morgan fingerprint density at radius 2 is 2.00 bits per heavy atom. The summed E-state index contributed by atoms with van der Waals surface area (Å²) in [7, 11) is 0. The molecule has 0 unspecified atom stereocenters. The highest BCUT2D eigenvalue weighted by molar-refractivity contribution is 6.03. The fourth-order valence-corrected chi connectivity index (χ4v) is 2.08. The van der Waals surface area contributed by atoms with Crippen molar-refractivity contribution in [3.8, 4) is 0 Å². The van der Waals surface area contributed by atoms with Gasteiger partial charge in [-0.2, -0.15) is 5.10 Å². The molecule has 0 aliphatic heterocycles. The van der Waals surface area contributed by atoms with Crippen LogP contribution in [0.3, 0.4) is 0 Å². The molecule has 6 nitrogen and oxygen atoms in total. The number of halogens is 1. The zero-order valence-electron chi connectivity index (χ0n) is 11.9. The number of esters is 1. The van der Waals surface area contributed by atoms with Crippen molar-refractivity contribution in [2.75, 3.05) is 11.9 Å². The van der Waals surface area contributed by atoms with Crippen molar-refractivity contribution < 1.29 is 18.7 Å². The molecule has 1 amide bonds. The molecule has 0 aliphatic carbocycles. The van der Waals surface area contributed by atoms with Crippen molar-refractivity contribution in [1.29, 1.82) is 0 Å². The van der Waals surface area contributed by atoms with Gasteiger partial charge in [0.05, 0.1) is 5.52 Å². The van der Waals surface area contributed by atoms with Gasteiger partial charge in [0.1, 0.15) is 5.82 Å². The normalized spacial score (nSPS) is 10.5. The van der Waals surface area contributed by atoms with Crippen LogP contribution in [-0.4, -0.2) is 28.7 Å². The summed E-state index contributed by atoms with van der Waals surface area (Å²) < 4.78 is 17.9. The van der Waals surface area contributed by atoms with Gasteiger partial charge in [-0.25, -0.2) is 9.18 Å². The Balaban J connectivity index is 1.61. The van der Waals surface area contributed by atoms with Crippen LogP contribution in [0.15, 0.2) is 48.5 Å². The molecule has 116 valence electrons. The topological polar surface area (TPSA) is 84.1 Å². The molecule has 0 aliphatic rings. The Hall–Kier alpha value is -3.22. The number of nitrogens with one attached hydrogen (secondary N) is 2. The average Bonchev–Trinajstić information content (AvgIpc) is 2.97. The fourth-order valence-electron chi connectivity index (χ4n) is 2.08. The van der Waals surface area contributed by atoms with E-state index in [-0.39, 0.29) is 11.4 Å². The second-order valence-electron chi connectivity index (χ2n) is 4.75. The summed E-state index contributed by atoms with van der Waals surface area (Å²) in [6.45, 7) is -0.490. The van der Waals surface area contributed by atoms with Crippen LogP contribution < -0.4 is 5.32 Å². The Labute approximate surface area is 130 Å². The third-order valence-corrected chi connectivity index (χ3v) is 3.11. The van der Waals surface area contributed by atoms with Gasteiger partial charge in [0.2, 0.25) is 0 Å². The number of carbonyl (C=O) groups is 2. The van der Waals surface area contributed by atoms with E-state index in [1.807, 2.05) is 6.07 Å². The van der Waals surface area contributed by atoms with E-state index >= 15 is 0 Å². The van der Waals surface area contributed by atoms with Crippen LogP contribution >= 0.6 is 0 Å². The summed E-state index contributed by atoms with van der Waals surface area (Å²) >= 11 is 0. The molecular weight excluding hydrogens is 301 g/mol. The first kappa shape index (κ1) is 14.7. The average molecular weight is 313 g/mol. The molecule has 2 aromatic carbocycles. The number of H-pyrrole nitrogens is 1. The van der Waals surface area contributed by atoms with Crippen molar-refractivity contribution in [2.24, 2.45) is 0 Å². The molecular formula is C16H12FN3O3. The summed E-state index contributed by atoms with van der Waals surface area (Å²) in [5.74, 6) is -1.75. The zero-order valence-corrected chi connectivity index (χ0v) is 11.9. The number of hydrogen-bond donors (Lipinski definition) is 2. The predicted octanol–water partition coefficient (Wildman–Crippen LogP) is 2.50. The monoisotopic (exact) mass is 313 g/mol. The first-order chi connectivity index (χ1) is 11.1. The molecule has 3 aromatic rings. The van der Waals surface area contributed by atoms with Gasteiger partial charge in [-0.3, -0.25) is 9.89 Å². The number of ether oxygens (including phenoxy) is 1. The van der Waals surface area contributed by atoms with Gasteiger partial charge in [-0.1, -0.05) is 24.3 Å². The highest BCUT2D eigenvalue weighted by atomic mass is 19.1. The van der Waals surface area contributed by atoms with Gasteiger partial charge in [0, 0.05) is 11.1 Å². The Morgan fingerprint density at radius 1 is 1.17 bits per heavy atom. The van der Waals surface area contributed by atoms with Gasteiger partial charge in [0.15, 0.2) is 12.3 Å². The number of rotatable bonds is 4. The van der Waals surface area contributed by atoms with E-state index in [2.05, 4.69) is 15.5 Å². The Kier molecular flexibility index (Phi) is 4.01. The summed E-state index contributed by atoms with van der Waals surface area (Å²) in [5.41, 5.74) is 1.10. The van der Waals surface area contributed by atoms with Crippen molar-refractivity contribution in [2.45, 2.75) is 0 Å². The van der Waals surface area contributed by atoms with E-state index in [1.54, 1.807) is 18.2 Å². The van der Waals surface area contributed by atoms with Crippen molar-refractivity contribution >= 4 is 28.5 Å². The minimum absolute atomic E-state index is 0.110. The van der Waals surface area contributed by atoms with Crippen molar-refractivity contribution in [1.82, 2.24) is 10.2 Å². The van der Waals surface area contributed by atoms with Crippen molar-refractivity contribution in [3.63, 3.8) is 0 Å². The smallest absolute Gasteiger partial charge is 0.359 e. The van der Waals surface area contributed by atoms with Gasteiger partial charge in [-0.15, -0.1) is 0 Å². The molecule has 0 radical (unpaired) electrons. The maximum Gasteiger partial charge on any atom is 0.359 e. The number of benzene rings is 2. The number of para-hydroxylation sites is 1. The number of anilines is 1. The molecule has 0 spiro atoms. The van der Waals surface area contributed by atoms with Gasteiger partial charge < -0.3 is 10.1 Å². The van der Waals surface area contributed by atoms with Crippen LogP contribution in [-0.2, 0) is 9.53 Å². The number of aromatic nitrogens is 2. The Morgan fingerprint density at radius 3 is 2.83 bits per heavy atom. The largest absolute Gasteiger partial charge is 0.451 e. The number of aromatic amines is 1. The standard InChI is InChI=1S/C16H12FN3O3/c17-10-4-3-5-11(8-10)18-14(21)9-23-16(22)15-12-6-1-2-7-13(12)19-20-15/h1-8H,9H2,(H,18,21)(H,19,20). The molecule has 1 aromatic heterocycles. The predicted molar refractivity (Wildman–Crippen MR) is 81.4 cm³/mol. The third kappa shape index (κ3) is 3.34.